The number of benzene rings is 1. The van der Waals surface area contributed by atoms with Crippen molar-refractivity contribution in [2.24, 2.45) is 5.11 Å². The molecule has 0 radical (unpaired) electrons. The van der Waals surface area contributed by atoms with Crippen molar-refractivity contribution in [3.8, 4) is 0 Å². The number of azide groups is 1. The van der Waals surface area contributed by atoms with Crippen LogP contribution in [0.15, 0.2) is 27.8 Å². The van der Waals surface area contributed by atoms with Gasteiger partial charge in [0, 0.05) is 15.9 Å². The van der Waals surface area contributed by atoms with Crippen molar-refractivity contribution in [3.63, 3.8) is 0 Å². The Kier molecular flexibility index (Phi) is 6.61. The molecule has 1 aromatic carbocycles. The van der Waals surface area contributed by atoms with Crippen molar-refractivity contribution in [2.45, 2.75) is 18.9 Å². The molecule has 21 heavy (non-hydrogen) atoms. The van der Waals surface area contributed by atoms with Crippen LogP contribution in [0.4, 0.5) is 4.39 Å². The number of nitrogens with zero attached hydrogens (tertiary/aromatic N) is 3. The fraction of sp³-hybridized carbons (Fsp3) is 0.462. The first-order valence-corrected chi connectivity index (χ1v) is 7.05. The Morgan fingerprint density at radius 2 is 2.33 bits per heavy atom. The Morgan fingerprint density at radius 1 is 1.62 bits per heavy atom. The molecule has 114 valence electrons. The number of rotatable bonds is 7. The quantitative estimate of drug-likeness (QED) is 0.266. The maximum atomic E-state index is 13.2. The highest BCUT2D eigenvalue weighted by molar-refractivity contribution is 9.10. The molecule has 0 aliphatic carbocycles. The van der Waals surface area contributed by atoms with Crippen molar-refractivity contribution in [2.75, 3.05) is 20.2 Å². The highest BCUT2D eigenvalue weighted by atomic mass is 79.9. The Balaban J connectivity index is 2.97. The van der Waals surface area contributed by atoms with E-state index in [0.717, 1.165) is 0 Å². The van der Waals surface area contributed by atoms with Gasteiger partial charge in [-0.1, -0.05) is 27.1 Å². The third-order valence-electron chi connectivity index (χ3n) is 3.04. The van der Waals surface area contributed by atoms with Gasteiger partial charge < -0.3 is 4.74 Å². The van der Waals surface area contributed by atoms with Crippen molar-refractivity contribution in [1.82, 2.24) is 5.32 Å². The fourth-order valence-electron chi connectivity index (χ4n) is 1.91. The summed E-state index contributed by atoms with van der Waals surface area (Å²) in [7, 11) is 1.29. The van der Waals surface area contributed by atoms with Crippen LogP contribution in [0.3, 0.4) is 0 Å². The number of esters is 1. The Morgan fingerprint density at radius 3 is 2.90 bits per heavy atom. The molecule has 0 amide bonds. The van der Waals surface area contributed by atoms with E-state index in [-0.39, 0.29) is 0 Å². The zero-order valence-corrected chi connectivity index (χ0v) is 13.4. The summed E-state index contributed by atoms with van der Waals surface area (Å²) >= 11 is 3.26. The van der Waals surface area contributed by atoms with Crippen molar-refractivity contribution < 1.29 is 13.9 Å². The minimum absolute atomic E-state index is 0.325. The van der Waals surface area contributed by atoms with Crippen molar-refractivity contribution in [3.05, 3.63) is 44.5 Å². The lowest BCUT2D eigenvalue weighted by Gasteiger charge is -2.29. The number of carbonyl (C=O) groups excluding carboxylic acids is 1. The van der Waals surface area contributed by atoms with Crippen LogP contribution in [-0.2, 0) is 15.1 Å². The monoisotopic (exact) mass is 358 g/mol. The highest BCUT2D eigenvalue weighted by Gasteiger charge is 2.37. The SMILES string of the molecule is COC(=O)C(C)(NCCCN=[N+]=[N-])c1ccc(F)cc1Br. The second-order valence-corrected chi connectivity index (χ2v) is 5.33. The van der Waals surface area contributed by atoms with Crippen LogP contribution in [0.2, 0.25) is 0 Å². The Labute approximate surface area is 130 Å². The first-order chi connectivity index (χ1) is 9.95. The van der Waals surface area contributed by atoms with E-state index in [1.165, 1.54) is 25.3 Å². The predicted octanol–water partition coefficient (Wildman–Crippen LogP) is 3.27. The van der Waals surface area contributed by atoms with Crippen LogP contribution in [0.5, 0.6) is 0 Å². The van der Waals surface area contributed by atoms with E-state index in [1.807, 2.05) is 0 Å². The summed E-state index contributed by atoms with van der Waals surface area (Å²) in [6.07, 6.45) is 0.565. The van der Waals surface area contributed by atoms with E-state index in [4.69, 9.17) is 10.3 Å². The molecule has 0 saturated heterocycles. The number of ether oxygens (including phenoxy) is 1. The molecule has 6 nitrogen and oxygen atoms in total. The molecule has 0 saturated carbocycles. The molecule has 0 aromatic heterocycles. The smallest absolute Gasteiger partial charge is 0.330 e. The van der Waals surface area contributed by atoms with Crippen molar-refractivity contribution in [1.29, 1.82) is 0 Å². The van der Waals surface area contributed by atoms with Gasteiger partial charge in [0.2, 0.25) is 0 Å². The molecule has 8 heteroatoms. The number of halogens is 2. The molecule has 0 heterocycles. The molecule has 1 aromatic rings. The highest BCUT2D eigenvalue weighted by Crippen LogP contribution is 2.30. The largest absolute Gasteiger partial charge is 0.467 e. The number of hydrogen-bond acceptors (Lipinski definition) is 4. The van der Waals surface area contributed by atoms with Crippen LogP contribution >= 0.6 is 15.9 Å². The van der Waals surface area contributed by atoms with Crippen LogP contribution in [0.1, 0.15) is 18.9 Å². The Hall–Kier alpha value is -1.63. The van der Waals surface area contributed by atoms with E-state index >= 15 is 0 Å². The molecule has 1 N–H and O–H groups in total. The number of nitrogens with one attached hydrogen (secondary N) is 1. The summed E-state index contributed by atoms with van der Waals surface area (Å²) in [5.41, 5.74) is 7.66. The molecule has 0 spiro atoms. The van der Waals surface area contributed by atoms with Gasteiger partial charge in [0.25, 0.3) is 0 Å². The summed E-state index contributed by atoms with van der Waals surface area (Å²) in [5, 5.41) is 6.50. The molecule has 1 rings (SSSR count). The zero-order chi connectivity index (χ0) is 15.9. The number of methoxy groups -OCH3 is 1. The van der Waals surface area contributed by atoms with Crippen LogP contribution in [0.25, 0.3) is 10.4 Å². The zero-order valence-electron chi connectivity index (χ0n) is 11.8. The fourth-order valence-corrected chi connectivity index (χ4v) is 2.66. The molecule has 1 atom stereocenters. The lowest BCUT2D eigenvalue weighted by Crippen LogP contribution is -2.48. The van der Waals surface area contributed by atoms with Crippen molar-refractivity contribution >= 4 is 21.9 Å². The third-order valence-corrected chi connectivity index (χ3v) is 3.70. The molecule has 0 fully saturated rings. The molecular weight excluding hydrogens is 343 g/mol. The Bertz CT molecular complexity index is 563. The summed E-state index contributed by atoms with van der Waals surface area (Å²) < 4.78 is 18.5. The standard InChI is InChI=1S/C13H16BrFN4O2/c1-13(12(20)21-2,17-6-3-7-18-19-16)10-5-4-9(15)8-11(10)14/h4-5,8,17H,3,6-7H2,1-2H3. The van der Waals surface area contributed by atoms with Gasteiger partial charge in [-0.15, -0.1) is 0 Å². The summed E-state index contributed by atoms with van der Waals surface area (Å²) in [6.45, 7) is 2.42. The van der Waals surface area contributed by atoms with E-state index in [0.29, 0.717) is 29.5 Å². The third kappa shape index (κ3) is 4.42. The van der Waals surface area contributed by atoms with Gasteiger partial charge in [0.15, 0.2) is 0 Å². The molecule has 1 unspecified atom stereocenters. The van der Waals surface area contributed by atoms with Gasteiger partial charge in [-0.25, -0.2) is 9.18 Å². The molecule has 0 bridgehead atoms. The van der Waals surface area contributed by atoms with Crippen LogP contribution in [0, 0.1) is 5.82 Å². The molecular formula is C13H16BrFN4O2. The minimum atomic E-state index is -1.13. The first-order valence-electron chi connectivity index (χ1n) is 6.25. The molecule has 0 aliphatic rings. The maximum absolute atomic E-state index is 13.2. The predicted molar refractivity (Wildman–Crippen MR) is 80.1 cm³/mol. The maximum Gasteiger partial charge on any atom is 0.330 e. The first kappa shape index (κ1) is 17.4. The van der Waals surface area contributed by atoms with E-state index < -0.39 is 17.3 Å². The average molecular weight is 359 g/mol. The molecule has 0 aliphatic heterocycles. The van der Waals surface area contributed by atoms with E-state index in [1.54, 1.807) is 6.92 Å². The van der Waals surface area contributed by atoms with Crippen LogP contribution in [-0.4, -0.2) is 26.2 Å². The van der Waals surface area contributed by atoms with E-state index in [2.05, 4.69) is 31.3 Å². The van der Waals surface area contributed by atoms with Gasteiger partial charge in [-0.2, -0.15) is 0 Å². The van der Waals surface area contributed by atoms with Gasteiger partial charge in [0.05, 0.1) is 7.11 Å². The minimum Gasteiger partial charge on any atom is -0.467 e. The normalized spacial score (nSPS) is 13.1. The summed E-state index contributed by atoms with van der Waals surface area (Å²) in [6, 6.07) is 4.10. The van der Waals surface area contributed by atoms with E-state index in [9.17, 15) is 9.18 Å². The van der Waals surface area contributed by atoms with Gasteiger partial charge in [0.1, 0.15) is 11.4 Å². The van der Waals surface area contributed by atoms with Gasteiger partial charge >= 0.3 is 5.97 Å². The summed E-state index contributed by atoms with van der Waals surface area (Å²) in [5.74, 6) is -0.889. The van der Waals surface area contributed by atoms with Gasteiger partial charge in [-0.3, -0.25) is 5.32 Å². The topological polar surface area (TPSA) is 87.1 Å². The van der Waals surface area contributed by atoms with Crippen LogP contribution < -0.4 is 5.32 Å². The average Bonchev–Trinajstić information content (AvgIpc) is 2.45. The lowest BCUT2D eigenvalue weighted by molar-refractivity contribution is -0.148. The number of hydrogen-bond donors (Lipinski definition) is 1. The second-order valence-electron chi connectivity index (χ2n) is 4.48. The second kappa shape index (κ2) is 7.97. The summed E-state index contributed by atoms with van der Waals surface area (Å²) in [4.78, 5) is 14.8. The number of carbonyl (C=O) groups is 1. The lowest BCUT2D eigenvalue weighted by atomic mass is 9.91. The van der Waals surface area contributed by atoms with Gasteiger partial charge in [-0.05, 0) is 43.1 Å².